The maximum absolute atomic E-state index is 13.0. The number of hydrogen-bond donors (Lipinski definition) is 1. The monoisotopic (exact) mass is 171 g/mol. The molecule has 1 rings (SSSR count). The lowest BCUT2D eigenvalue weighted by atomic mass is 10.1. The number of hydrogen-bond acceptors (Lipinski definition) is 1. The smallest absolute Gasteiger partial charge is 0.273 e. The number of nitrogen functional groups attached to an aromatic ring is 1. The molecule has 0 spiro atoms. The summed E-state index contributed by atoms with van der Waals surface area (Å²) in [5.74, 6) is -2.75. The Morgan fingerprint density at radius 2 is 2.08 bits per heavy atom. The van der Waals surface area contributed by atoms with Crippen molar-refractivity contribution in [3.63, 3.8) is 0 Å². The fraction of sp³-hybridized carbons (Fsp3) is 0.333. The molecule has 0 fully saturated rings. The van der Waals surface area contributed by atoms with Crippen LogP contribution in [0.3, 0.4) is 0 Å². The van der Waals surface area contributed by atoms with Crippen LogP contribution in [0.2, 0.25) is 0 Å². The first-order valence-electron chi connectivity index (χ1n) is 3.80. The Morgan fingerprint density at radius 3 is 2.58 bits per heavy atom. The van der Waals surface area contributed by atoms with Crippen molar-refractivity contribution in [3.05, 3.63) is 29.8 Å². The summed E-state index contributed by atoms with van der Waals surface area (Å²) in [5.41, 5.74) is 5.74. The van der Waals surface area contributed by atoms with Crippen LogP contribution in [0, 0.1) is 0 Å². The highest BCUT2D eigenvalue weighted by Crippen LogP contribution is 2.31. The molecular weight excluding hydrogens is 160 g/mol. The molecule has 0 aromatic heterocycles. The largest absolute Gasteiger partial charge is 0.399 e. The Labute approximate surface area is 70.2 Å². The molecule has 0 amide bonds. The lowest BCUT2D eigenvalue weighted by Crippen LogP contribution is -2.11. The predicted molar refractivity (Wildman–Crippen MR) is 45.0 cm³/mol. The van der Waals surface area contributed by atoms with Crippen LogP contribution >= 0.6 is 0 Å². The molecule has 0 aliphatic rings. The second kappa shape index (κ2) is 3.09. The lowest BCUT2D eigenvalue weighted by Gasteiger charge is -2.14. The van der Waals surface area contributed by atoms with Crippen LogP contribution < -0.4 is 5.73 Å². The fourth-order valence-electron chi connectivity index (χ4n) is 0.970. The SMILES string of the molecule is CCC(F)(F)c1cccc(N)c1. The van der Waals surface area contributed by atoms with Crippen molar-refractivity contribution in [1.29, 1.82) is 0 Å². The van der Waals surface area contributed by atoms with E-state index >= 15 is 0 Å². The summed E-state index contributed by atoms with van der Waals surface area (Å²) in [4.78, 5) is 0. The van der Waals surface area contributed by atoms with Gasteiger partial charge in [-0.3, -0.25) is 0 Å². The van der Waals surface area contributed by atoms with Crippen LogP contribution in [0.5, 0.6) is 0 Å². The average molecular weight is 171 g/mol. The van der Waals surface area contributed by atoms with Crippen molar-refractivity contribution in [2.45, 2.75) is 19.3 Å². The topological polar surface area (TPSA) is 26.0 Å². The van der Waals surface area contributed by atoms with Gasteiger partial charge in [0.25, 0.3) is 5.92 Å². The third-order valence-corrected chi connectivity index (χ3v) is 1.75. The molecule has 0 heterocycles. The minimum absolute atomic E-state index is 0.00926. The molecule has 0 saturated heterocycles. The van der Waals surface area contributed by atoms with Crippen LogP contribution in [0.15, 0.2) is 24.3 Å². The number of rotatable bonds is 2. The van der Waals surface area contributed by atoms with E-state index in [1.165, 1.54) is 25.1 Å². The third kappa shape index (κ3) is 1.72. The summed E-state index contributed by atoms with van der Waals surface area (Å²) in [5, 5.41) is 0. The molecular formula is C9H11F2N. The molecule has 0 aliphatic carbocycles. The second-order valence-corrected chi connectivity index (χ2v) is 2.68. The van der Waals surface area contributed by atoms with Crippen LogP contribution in [0.4, 0.5) is 14.5 Å². The van der Waals surface area contributed by atoms with Gasteiger partial charge in [0.1, 0.15) is 0 Å². The van der Waals surface area contributed by atoms with Crippen molar-refractivity contribution in [2.24, 2.45) is 0 Å². The molecule has 2 N–H and O–H groups in total. The van der Waals surface area contributed by atoms with Crippen LogP contribution in [0.25, 0.3) is 0 Å². The Bertz CT molecular complexity index is 271. The van der Waals surface area contributed by atoms with E-state index in [1.807, 2.05) is 0 Å². The van der Waals surface area contributed by atoms with Gasteiger partial charge in [0.05, 0.1) is 0 Å². The van der Waals surface area contributed by atoms with Crippen molar-refractivity contribution in [2.75, 3.05) is 5.73 Å². The summed E-state index contributed by atoms with van der Waals surface area (Å²) in [7, 11) is 0. The van der Waals surface area contributed by atoms with Gasteiger partial charge >= 0.3 is 0 Å². The number of alkyl halides is 2. The van der Waals surface area contributed by atoms with Gasteiger partial charge in [-0.05, 0) is 12.1 Å². The fourth-order valence-corrected chi connectivity index (χ4v) is 0.970. The third-order valence-electron chi connectivity index (χ3n) is 1.75. The summed E-state index contributed by atoms with van der Waals surface area (Å²) in [6.45, 7) is 1.45. The van der Waals surface area contributed by atoms with E-state index in [2.05, 4.69) is 0 Å². The Kier molecular flexibility index (Phi) is 2.31. The van der Waals surface area contributed by atoms with Gasteiger partial charge < -0.3 is 5.73 Å². The van der Waals surface area contributed by atoms with E-state index in [0.717, 1.165) is 0 Å². The number of nitrogens with two attached hydrogens (primary N) is 1. The Balaban J connectivity index is 3.03. The van der Waals surface area contributed by atoms with Gasteiger partial charge in [0.15, 0.2) is 0 Å². The van der Waals surface area contributed by atoms with E-state index in [9.17, 15) is 8.78 Å². The first-order valence-corrected chi connectivity index (χ1v) is 3.80. The summed E-state index contributed by atoms with van der Waals surface area (Å²) < 4.78 is 26.0. The molecule has 0 aliphatic heterocycles. The van der Waals surface area contributed by atoms with Crippen LogP contribution in [-0.4, -0.2) is 0 Å². The van der Waals surface area contributed by atoms with Gasteiger partial charge in [0.2, 0.25) is 0 Å². The molecule has 3 heteroatoms. The first-order chi connectivity index (χ1) is 5.56. The maximum Gasteiger partial charge on any atom is 0.273 e. The highest BCUT2D eigenvalue weighted by Gasteiger charge is 2.28. The molecule has 12 heavy (non-hydrogen) atoms. The van der Waals surface area contributed by atoms with Gasteiger partial charge in [-0.2, -0.15) is 0 Å². The van der Waals surface area contributed by atoms with Crippen LogP contribution in [0.1, 0.15) is 18.9 Å². The van der Waals surface area contributed by atoms with E-state index in [1.54, 1.807) is 6.07 Å². The molecule has 0 atom stereocenters. The van der Waals surface area contributed by atoms with Gasteiger partial charge in [-0.15, -0.1) is 0 Å². The van der Waals surface area contributed by atoms with Crippen molar-refractivity contribution in [1.82, 2.24) is 0 Å². The van der Waals surface area contributed by atoms with E-state index in [-0.39, 0.29) is 12.0 Å². The molecule has 0 saturated carbocycles. The van der Waals surface area contributed by atoms with Gasteiger partial charge in [-0.1, -0.05) is 19.1 Å². The first kappa shape index (κ1) is 8.97. The standard InChI is InChI=1S/C9H11F2N/c1-2-9(10,11)7-4-3-5-8(12)6-7/h3-6H,2,12H2,1H3. The van der Waals surface area contributed by atoms with E-state index in [0.29, 0.717) is 5.69 Å². The van der Waals surface area contributed by atoms with E-state index in [4.69, 9.17) is 5.73 Å². The second-order valence-electron chi connectivity index (χ2n) is 2.68. The van der Waals surface area contributed by atoms with Crippen LogP contribution in [-0.2, 0) is 5.92 Å². The predicted octanol–water partition coefficient (Wildman–Crippen LogP) is 2.77. The number of benzene rings is 1. The highest BCUT2D eigenvalue weighted by molar-refractivity contribution is 5.41. The molecule has 66 valence electrons. The normalized spacial score (nSPS) is 11.6. The zero-order valence-corrected chi connectivity index (χ0v) is 6.85. The van der Waals surface area contributed by atoms with Gasteiger partial charge in [0, 0.05) is 17.7 Å². The Morgan fingerprint density at radius 1 is 1.42 bits per heavy atom. The maximum atomic E-state index is 13.0. The van der Waals surface area contributed by atoms with Gasteiger partial charge in [-0.25, -0.2) is 8.78 Å². The van der Waals surface area contributed by atoms with Crippen molar-refractivity contribution in [3.8, 4) is 0 Å². The zero-order valence-electron chi connectivity index (χ0n) is 6.85. The molecule has 1 aromatic rings. The van der Waals surface area contributed by atoms with Crippen molar-refractivity contribution >= 4 is 5.69 Å². The summed E-state index contributed by atoms with van der Waals surface area (Å²) in [6, 6.07) is 5.83. The lowest BCUT2D eigenvalue weighted by molar-refractivity contribution is -0.00823. The highest BCUT2D eigenvalue weighted by atomic mass is 19.3. The molecule has 1 nitrogen and oxygen atoms in total. The molecule has 0 radical (unpaired) electrons. The minimum atomic E-state index is -2.75. The quantitative estimate of drug-likeness (QED) is 0.680. The summed E-state index contributed by atoms with van der Waals surface area (Å²) in [6.07, 6.45) is -0.198. The minimum Gasteiger partial charge on any atom is -0.399 e. The zero-order chi connectivity index (χ0) is 9.19. The Hall–Kier alpha value is -1.12. The molecule has 0 unspecified atom stereocenters. The van der Waals surface area contributed by atoms with Crippen molar-refractivity contribution < 1.29 is 8.78 Å². The molecule has 0 bridgehead atoms. The summed E-state index contributed by atoms with van der Waals surface area (Å²) >= 11 is 0. The van der Waals surface area contributed by atoms with E-state index < -0.39 is 5.92 Å². The molecule has 1 aromatic carbocycles. The average Bonchev–Trinajstić information content (AvgIpc) is 2.05. The number of anilines is 1. The number of halogens is 2.